The fourth-order valence-corrected chi connectivity index (χ4v) is 3.07. The molecule has 0 fully saturated rings. The Kier molecular flexibility index (Phi) is 4.42. The Balaban J connectivity index is 2.56. The van der Waals surface area contributed by atoms with Gasteiger partial charge in [0.1, 0.15) is 0 Å². The molecule has 2 aromatic rings. The van der Waals surface area contributed by atoms with E-state index < -0.39 is 11.9 Å². The standard InChI is InChI=1S/C16H17BrN2O2/c1-8-5-6-12(13(17)7-8)15-18-10(3)14(11(4)19-15)9(2)16(20)21/h5-7,9H,1-4H3,(H,20,21). The third-order valence-corrected chi connectivity index (χ3v) is 4.15. The van der Waals surface area contributed by atoms with Crippen LogP contribution in [0.2, 0.25) is 0 Å². The molecule has 4 nitrogen and oxygen atoms in total. The molecule has 21 heavy (non-hydrogen) atoms. The van der Waals surface area contributed by atoms with Crippen LogP contribution in [-0.4, -0.2) is 21.0 Å². The van der Waals surface area contributed by atoms with E-state index in [1.807, 2.05) is 39.0 Å². The summed E-state index contributed by atoms with van der Waals surface area (Å²) in [6.07, 6.45) is 0. The van der Waals surface area contributed by atoms with Crippen LogP contribution in [0.25, 0.3) is 11.4 Å². The van der Waals surface area contributed by atoms with E-state index >= 15 is 0 Å². The number of carbonyl (C=O) groups is 1. The first-order valence-electron chi connectivity index (χ1n) is 6.65. The van der Waals surface area contributed by atoms with Crippen molar-refractivity contribution in [3.63, 3.8) is 0 Å². The number of hydrogen-bond acceptors (Lipinski definition) is 3. The number of carboxylic acid groups (broad SMARTS) is 1. The van der Waals surface area contributed by atoms with Gasteiger partial charge in [0, 0.05) is 27.0 Å². The molecule has 0 spiro atoms. The zero-order valence-electron chi connectivity index (χ0n) is 12.4. The molecule has 110 valence electrons. The Hall–Kier alpha value is -1.75. The molecule has 1 unspecified atom stereocenters. The summed E-state index contributed by atoms with van der Waals surface area (Å²) in [5, 5.41) is 9.18. The predicted octanol–water partition coefficient (Wildman–Crippen LogP) is 4.02. The molecule has 0 saturated carbocycles. The fraction of sp³-hybridized carbons (Fsp3) is 0.312. The molecule has 2 rings (SSSR count). The van der Waals surface area contributed by atoms with Crippen LogP contribution < -0.4 is 0 Å². The van der Waals surface area contributed by atoms with Crippen molar-refractivity contribution in [2.24, 2.45) is 0 Å². The van der Waals surface area contributed by atoms with Crippen LogP contribution >= 0.6 is 15.9 Å². The molecule has 1 heterocycles. The van der Waals surface area contributed by atoms with Gasteiger partial charge in [-0.15, -0.1) is 0 Å². The molecular weight excluding hydrogens is 332 g/mol. The minimum absolute atomic E-state index is 0.609. The van der Waals surface area contributed by atoms with E-state index in [1.165, 1.54) is 0 Å². The number of halogens is 1. The Morgan fingerprint density at radius 2 is 1.76 bits per heavy atom. The van der Waals surface area contributed by atoms with Gasteiger partial charge in [-0.1, -0.05) is 22.0 Å². The molecule has 0 bridgehead atoms. The van der Waals surface area contributed by atoms with E-state index in [2.05, 4.69) is 25.9 Å². The van der Waals surface area contributed by atoms with Gasteiger partial charge in [-0.05, 0) is 45.4 Å². The van der Waals surface area contributed by atoms with Crippen molar-refractivity contribution < 1.29 is 9.90 Å². The van der Waals surface area contributed by atoms with Crippen LogP contribution in [0.3, 0.4) is 0 Å². The second kappa shape index (κ2) is 5.93. The quantitative estimate of drug-likeness (QED) is 0.909. The van der Waals surface area contributed by atoms with Crippen molar-refractivity contribution in [1.29, 1.82) is 0 Å². The number of carboxylic acids is 1. The van der Waals surface area contributed by atoms with Crippen LogP contribution in [0, 0.1) is 20.8 Å². The normalized spacial score (nSPS) is 12.2. The number of hydrogen-bond donors (Lipinski definition) is 1. The summed E-state index contributed by atoms with van der Waals surface area (Å²) in [7, 11) is 0. The molecule has 0 radical (unpaired) electrons. The molecule has 0 aliphatic heterocycles. The van der Waals surface area contributed by atoms with Gasteiger partial charge in [0.25, 0.3) is 0 Å². The Labute approximate surface area is 132 Å². The van der Waals surface area contributed by atoms with Gasteiger partial charge in [-0.3, -0.25) is 4.79 Å². The highest BCUT2D eigenvalue weighted by Gasteiger charge is 2.21. The zero-order chi connectivity index (χ0) is 15.7. The van der Waals surface area contributed by atoms with Gasteiger partial charge in [0.15, 0.2) is 5.82 Å². The SMILES string of the molecule is Cc1ccc(-c2nc(C)c(C(C)C(=O)O)c(C)n2)c(Br)c1. The Morgan fingerprint density at radius 3 is 2.24 bits per heavy atom. The van der Waals surface area contributed by atoms with Crippen LogP contribution in [-0.2, 0) is 4.79 Å². The number of aryl methyl sites for hydroxylation is 3. The largest absolute Gasteiger partial charge is 0.481 e. The van der Waals surface area contributed by atoms with Gasteiger partial charge < -0.3 is 5.11 Å². The van der Waals surface area contributed by atoms with Crippen LogP contribution in [0.1, 0.15) is 35.4 Å². The maximum Gasteiger partial charge on any atom is 0.310 e. The minimum atomic E-state index is -0.867. The van der Waals surface area contributed by atoms with Crippen molar-refractivity contribution >= 4 is 21.9 Å². The molecule has 1 aromatic heterocycles. The molecule has 1 atom stereocenters. The van der Waals surface area contributed by atoms with Crippen LogP contribution in [0.4, 0.5) is 0 Å². The first-order valence-corrected chi connectivity index (χ1v) is 7.45. The molecule has 1 aromatic carbocycles. The molecule has 0 amide bonds. The van der Waals surface area contributed by atoms with Crippen LogP contribution in [0.15, 0.2) is 22.7 Å². The first kappa shape index (κ1) is 15.6. The van der Waals surface area contributed by atoms with E-state index in [4.69, 9.17) is 0 Å². The number of rotatable bonds is 3. The second-order valence-electron chi connectivity index (χ2n) is 5.17. The summed E-state index contributed by atoms with van der Waals surface area (Å²) in [6, 6.07) is 5.98. The van der Waals surface area contributed by atoms with E-state index in [-0.39, 0.29) is 0 Å². The summed E-state index contributed by atoms with van der Waals surface area (Å²) < 4.78 is 0.931. The average molecular weight is 349 g/mol. The van der Waals surface area contributed by atoms with E-state index in [9.17, 15) is 9.90 Å². The molecule has 0 aliphatic carbocycles. The third kappa shape index (κ3) is 3.13. The molecular formula is C16H17BrN2O2. The maximum absolute atomic E-state index is 11.2. The van der Waals surface area contributed by atoms with Gasteiger partial charge in [-0.2, -0.15) is 0 Å². The van der Waals surface area contributed by atoms with Crippen molar-refractivity contribution in [2.75, 3.05) is 0 Å². The summed E-state index contributed by atoms with van der Waals surface area (Å²) in [5.74, 6) is -0.868. The monoisotopic (exact) mass is 348 g/mol. The zero-order valence-corrected chi connectivity index (χ0v) is 14.0. The van der Waals surface area contributed by atoms with E-state index in [1.54, 1.807) is 6.92 Å². The highest BCUT2D eigenvalue weighted by atomic mass is 79.9. The van der Waals surface area contributed by atoms with Crippen molar-refractivity contribution in [3.05, 3.63) is 45.2 Å². The van der Waals surface area contributed by atoms with Gasteiger partial charge >= 0.3 is 5.97 Å². The van der Waals surface area contributed by atoms with Crippen molar-refractivity contribution in [1.82, 2.24) is 9.97 Å². The fourth-order valence-electron chi connectivity index (χ4n) is 2.40. The highest BCUT2D eigenvalue weighted by molar-refractivity contribution is 9.10. The van der Waals surface area contributed by atoms with Crippen LogP contribution in [0.5, 0.6) is 0 Å². The summed E-state index contributed by atoms with van der Waals surface area (Å²) >= 11 is 3.53. The predicted molar refractivity (Wildman–Crippen MR) is 85.4 cm³/mol. The lowest BCUT2D eigenvalue weighted by Crippen LogP contribution is -2.13. The average Bonchev–Trinajstić information content (AvgIpc) is 2.37. The highest BCUT2D eigenvalue weighted by Crippen LogP contribution is 2.29. The Bertz CT molecular complexity index is 690. The number of benzene rings is 1. The van der Waals surface area contributed by atoms with Crippen molar-refractivity contribution in [3.8, 4) is 11.4 Å². The van der Waals surface area contributed by atoms with Gasteiger partial charge in [0.05, 0.1) is 5.92 Å². The smallest absolute Gasteiger partial charge is 0.310 e. The summed E-state index contributed by atoms with van der Waals surface area (Å²) in [4.78, 5) is 20.2. The Morgan fingerprint density at radius 1 is 1.19 bits per heavy atom. The summed E-state index contributed by atoms with van der Waals surface area (Å²) in [6.45, 7) is 7.33. The molecule has 1 N–H and O–H groups in total. The first-order chi connectivity index (χ1) is 9.81. The number of aromatic nitrogens is 2. The van der Waals surface area contributed by atoms with Gasteiger partial charge in [-0.25, -0.2) is 9.97 Å². The molecule has 0 aliphatic rings. The number of aliphatic carboxylic acids is 1. The maximum atomic E-state index is 11.2. The lowest BCUT2D eigenvalue weighted by atomic mass is 9.98. The van der Waals surface area contributed by atoms with E-state index in [0.717, 1.165) is 15.6 Å². The van der Waals surface area contributed by atoms with Crippen molar-refractivity contribution in [2.45, 2.75) is 33.6 Å². The lowest BCUT2D eigenvalue weighted by molar-refractivity contribution is -0.138. The topological polar surface area (TPSA) is 63.1 Å². The van der Waals surface area contributed by atoms with Gasteiger partial charge in [0.2, 0.25) is 0 Å². The molecule has 0 saturated heterocycles. The minimum Gasteiger partial charge on any atom is -0.481 e. The molecule has 5 heteroatoms. The third-order valence-electron chi connectivity index (χ3n) is 3.50. The summed E-state index contributed by atoms with van der Waals surface area (Å²) in [5.41, 5.74) is 4.16. The van der Waals surface area contributed by atoms with E-state index in [0.29, 0.717) is 22.8 Å². The number of nitrogens with zero attached hydrogens (tertiary/aromatic N) is 2. The second-order valence-corrected chi connectivity index (χ2v) is 6.03. The lowest BCUT2D eigenvalue weighted by Gasteiger charge is -2.14.